The smallest absolute Gasteiger partial charge is 0.224 e. The molecule has 21 heavy (non-hydrogen) atoms. The molecule has 6 heteroatoms. The fraction of sp³-hybridized carbons (Fsp3) is 0.667. The molecule has 0 unspecified atom stereocenters. The molecular weight excluding hydrogens is 268 g/mol. The molecule has 2 rings (SSSR count). The van der Waals surface area contributed by atoms with Crippen LogP contribution in [0.4, 0.5) is 5.82 Å². The first-order chi connectivity index (χ1) is 10.2. The molecule has 116 valence electrons. The van der Waals surface area contributed by atoms with Crippen LogP contribution < -0.4 is 10.1 Å². The number of likely N-dealkylation sites (tertiary alicyclic amines) is 1. The van der Waals surface area contributed by atoms with Crippen LogP contribution in [0.25, 0.3) is 0 Å². The number of carbonyl (C=O) groups excluding carboxylic acids is 1. The number of carbonyl (C=O) groups is 1. The molecular formula is C15H24N4O2. The lowest BCUT2D eigenvalue weighted by molar-refractivity contribution is -0.131. The highest BCUT2D eigenvalue weighted by Crippen LogP contribution is 2.14. The Morgan fingerprint density at radius 2 is 2.10 bits per heavy atom. The largest absolute Gasteiger partial charge is 0.478 e. The zero-order valence-electron chi connectivity index (χ0n) is 12.9. The van der Waals surface area contributed by atoms with Gasteiger partial charge in [-0.15, -0.1) is 0 Å². The van der Waals surface area contributed by atoms with E-state index in [1.165, 1.54) is 6.42 Å². The maximum Gasteiger partial charge on any atom is 0.224 e. The van der Waals surface area contributed by atoms with E-state index in [0.29, 0.717) is 37.1 Å². The molecule has 1 aromatic heterocycles. The van der Waals surface area contributed by atoms with Crippen LogP contribution in [0.2, 0.25) is 0 Å². The third-order valence-electron chi connectivity index (χ3n) is 3.46. The fourth-order valence-electron chi connectivity index (χ4n) is 2.45. The molecule has 6 nitrogen and oxygen atoms in total. The third-order valence-corrected chi connectivity index (χ3v) is 3.46. The lowest BCUT2D eigenvalue weighted by Gasteiger charge is -2.26. The number of rotatable bonds is 6. The SMILES string of the molecule is CCOc1cc(NCCC(=O)N2CCCCC2)nc(C)n1. The van der Waals surface area contributed by atoms with Gasteiger partial charge in [-0.25, -0.2) is 4.98 Å². The van der Waals surface area contributed by atoms with Crippen molar-refractivity contribution in [2.45, 2.75) is 39.5 Å². The Labute approximate surface area is 125 Å². The first-order valence-corrected chi connectivity index (χ1v) is 7.69. The van der Waals surface area contributed by atoms with E-state index in [1.54, 1.807) is 6.07 Å². The van der Waals surface area contributed by atoms with Crippen molar-refractivity contribution >= 4 is 11.7 Å². The normalized spacial score (nSPS) is 14.9. The number of nitrogens with zero attached hydrogens (tertiary/aromatic N) is 3. The van der Waals surface area contributed by atoms with E-state index >= 15 is 0 Å². The molecule has 1 aromatic rings. The summed E-state index contributed by atoms with van der Waals surface area (Å²) in [5.74, 6) is 2.15. The number of hydrogen-bond donors (Lipinski definition) is 1. The summed E-state index contributed by atoms with van der Waals surface area (Å²) in [6, 6.07) is 1.77. The minimum atomic E-state index is 0.220. The van der Waals surface area contributed by atoms with Crippen LogP contribution in [0.3, 0.4) is 0 Å². The summed E-state index contributed by atoms with van der Waals surface area (Å²) in [7, 11) is 0. The van der Waals surface area contributed by atoms with Crippen molar-refractivity contribution in [1.29, 1.82) is 0 Å². The molecule has 2 heterocycles. The lowest BCUT2D eigenvalue weighted by atomic mass is 10.1. The van der Waals surface area contributed by atoms with Crippen molar-refractivity contribution < 1.29 is 9.53 Å². The van der Waals surface area contributed by atoms with Crippen molar-refractivity contribution in [3.8, 4) is 5.88 Å². The van der Waals surface area contributed by atoms with E-state index in [4.69, 9.17) is 4.74 Å². The van der Waals surface area contributed by atoms with Crippen molar-refractivity contribution in [2.24, 2.45) is 0 Å². The molecule has 0 aromatic carbocycles. The van der Waals surface area contributed by atoms with Crippen LogP contribution in [0.1, 0.15) is 38.4 Å². The monoisotopic (exact) mass is 292 g/mol. The molecule has 0 atom stereocenters. The van der Waals surface area contributed by atoms with Gasteiger partial charge in [-0.3, -0.25) is 4.79 Å². The average molecular weight is 292 g/mol. The van der Waals surface area contributed by atoms with E-state index in [-0.39, 0.29) is 5.91 Å². The minimum Gasteiger partial charge on any atom is -0.478 e. The van der Waals surface area contributed by atoms with Gasteiger partial charge in [0, 0.05) is 32.1 Å². The Bertz CT molecular complexity index is 473. The first-order valence-electron chi connectivity index (χ1n) is 7.69. The number of hydrogen-bond acceptors (Lipinski definition) is 5. The van der Waals surface area contributed by atoms with Crippen LogP contribution in [0.5, 0.6) is 5.88 Å². The lowest BCUT2D eigenvalue weighted by Crippen LogP contribution is -2.36. The van der Waals surface area contributed by atoms with E-state index in [9.17, 15) is 4.79 Å². The van der Waals surface area contributed by atoms with Crippen molar-refractivity contribution in [2.75, 3.05) is 31.6 Å². The summed E-state index contributed by atoms with van der Waals surface area (Å²) < 4.78 is 5.38. The van der Waals surface area contributed by atoms with Crippen LogP contribution >= 0.6 is 0 Å². The second-order valence-corrected chi connectivity index (χ2v) is 5.19. The fourth-order valence-corrected chi connectivity index (χ4v) is 2.45. The third kappa shape index (κ3) is 4.88. The highest BCUT2D eigenvalue weighted by molar-refractivity contribution is 5.76. The van der Waals surface area contributed by atoms with Crippen LogP contribution in [0.15, 0.2) is 6.07 Å². The predicted molar refractivity (Wildman–Crippen MR) is 81.5 cm³/mol. The average Bonchev–Trinajstić information content (AvgIpc) is 2.48. The molecule has 0 bridgehead atoms. The zero-order valence-corrected chi connectivity index (χ0v) is 12.9. The Morgan fingerprint density at radius 1 is 1.33 bits per heavy atom. The molecule has 1 N–H and O–H groups in total. The zero-order chi connectivity index (χ0) is 15.1. The van der Waals surface area contributed by atoms with Crippen LogP contribution in [0, 0.1) is 6.92 Å². The number of anilines is 1. The van der Waals surface area contributed by atoms with E-state index in [0.717, 1.165) is 25.9 Å². The molecule has 1 amide bonds. The van der Waals surface area contributed by atoms with Crippen molar-refractivity contribution in [1.82, 2.24) is 14.9 Å². The van der Waals surface area contributed by atoms with Gasteiger partial charge in [0.05, 0.1) is 6.61 Å². The van der Waals surface area contributed by atoms with Gasteiger partial charge in [0.2, 0.25) is 11.8 Å². The maximum atomic E-state index is 12.1. The summed E-state index contributed by atoms with van der Waals surface area (Å²) in [5, 5.41) is 3.18. The molecule has 0 spiro atoms. The van der Waals surface area contributed by atoms with Gasteiger partial charge in [-0.2, -0.15) is 4.98 Å². The number of nitrogens with one attached hydrogen (secondary N) is 1. The van der Waals surface area contributed by atoms with Crippen LogP contribution in [-0.2, 0) is 4.79 Å². The Hall–Kier alpha value is -1.85. The van der Waals surface area contributed by atoms with E-state index in [1.807, 2.05) is 18.7 Å². The Morgan fingerprint density at radius 3 is 2.81 bits per heavy atom. The number of aryl methyl sites for hydroxylation is 1. The van der Waals surface area contributed by atoms with Gasteiger partial charge in [-0.05, 0) is 33.1 Å². The van der Waals surface area contributed by atoms with Gasteiger partial charge < -0.3 is 15.0 Å². The quantitative estimate of drug-likeness (QED) is 0.868. The second kappa shape index (κ2) is 7.81. The molecule has 1 aliphatic heterocycles. The number of aromatic nitrogens is 2. The summed E-state index contributed by atoms with van der Waals surface area (Å²) in [4.78, 5) is 22.5. The van der Waals surface area contributed by atoms with Gasteiger partial charge in [0.1, 0.15) is 11.6 Å². The van der Waals surface area contributed by atoms with Gasteiger partial charge >= 0.3 is 0 Å². The minimum absolute atomic E-state index is 0.220. The predicted octanol–water partition coefficient (Wildman–Crippen LogP) is 2.00. The topological polar surface area (TPSA) is 67.3 Å². The standard InChI is InChI=1S/C15H24N4O2/c1-3-21-14-11-13(17-12(2)18-14)16-8-7-15(20)19-9-5-4-6-10-19/h11H,3-10H2,1-2H3,(H,16,17,18). The van der Waals surface area contributed by atoms with Gasteiger partial charge in [0.25, 0.3) is 0 Å². The molecule has 1 saturated heterocycles. The van der Waals surface area contributed by atoms with Crippen molar-refractivity contribution in [3.05, 3.63) is 11.9 Å². The van der Waals surface area contributed by atoms with E-state index < -0.39 is 0 Å². The van der Waals surface area contributed by atoms with Gasteiger partial charge in [0.15, 0.2) is 0 Å². The maximum absolute atomic E-state index is 12.1. The number of piperidine rings is 1. The molecule has 0 aliphatic carbocycles. The van der Waals surface area contributed by atoms with Crippen LogP contribution in [-0.4, -0.2) is 47.0 Å². The Balaban J connectivity index is 1.81. The molecule has 0 radical (unpaired) electrons. The molecule has 1 aliphatic rings. The van der Waals surface area contributed by atoms with Crippen molar-refractivity contribution in [3.63, 3.8) is 0 Å². The van der Waals surface area contributed by atoms with E-state index in [2.05, 4.69) is 15.3 Å². The highest BCUT2D eigenvalue weighted by Gasteiger charge is 2.15. The summed E-state index contributed by atoms with van der Waals surface area (Å²) in [6.07, 6.45) is 3.99. The second-order valence-electron chi connectivity index (χ2n) is 5.19. The Kier molecular flexibility index (Phi) is 5.78. The first kappa shape index (κ1) is 15.5. The summed E-state index contributed by atoms with van der Waals surface area (Å²) in [6.45, 7) is 6.70. The summed E-state index contributed by atoms with van der Waals surface area (Å²) in [5.41, 5.74) is 0. The number of amides is 1. The summed E-state index contributed by atoms with van der Waals surface area (Å²) >= 11 is 0. The highest BCUT2D eigenvalue weighted by atomic mass is 16.5. The van der Waals surface area contributed by atoms with Gasteiger partial charge in [-0.1, -0.05) is 0 Å². The molecule has 0 saturated carbocycles. The number of ether oxygens (including phenoxy) is 1. The molecule has 1 fully saturated rings.